The van der Waals surface area contributed by atoms with Gasteiger partial charge >= 0.3 is 0 Å². The minimum absolute atomic E-state index is 0.147. The van der Waals surface area contributed by atoms with Gasteiger partial charge in [0, 0.05) is 16.9 Å². The first-order valence-corrected chi connectivity index (χ1v) is 8.68. The third-order valence-electron chi connectivity index (χ3n) is 3.34. The SMILES string of the molecule is Cc1cc(-c2ccccc2)nc(SCC(=O)Nc2cccc(F)c2)n1. The van der Waals surface area contributed by atoms with Crippen LogP contribution in [0.4, 0.5) is 10.1 Å². The lowest BCUT2D eigenvalue weighted by atomic mass is 10.1. The zero-order valence-electron chi connectivity index (χ0n) is 13.6. The van der Waals surface area contributed by atoms with Crippen LogP contribution in [-0.4, -0.2) is 21.6 Å². The zero-order chi connectivity index (χ0) is 17.6. The van der Waals surface area contributed by atoms with Crippen LogP contribution in [0.2, 0.25) is 0 Å². The maximum atomic E-state index is 13.1. The Morgan fingerprint density at radius 2 is 1.88 bits per heavy atom. The second kappa shape index (κ2) is 7.90. The van der Waals surface area contributed by atoms with E-state index in [0.717, 1.165) is 17.0 Å². The zero-order valence-corrected chi connectivity index (χ0v) is 14.4. The van der Waals surface area contributed by atoms with Crippen LogP contribution in [0.1, 0.15) is 5.69 Å². The summed E-state index contributed by atoms with van der Waals surface area (Å²) in [6.45, 7) is 1.89. The molecule has 126 valence electrons. The second-order valence-electron chi connectivity index (χ2n) is 5.39. The summed E-state index contributed by atoms with van der Waals surface area (Å²) in [7, 11) is 0. The normalized spacial score (nSPS) is 10.5. The van der Waals surface area contributed by atoms with Crippen LogP contribution in [-0.2, 0) is 4.79 Å². The Morgan fingerprint density at radius 1 is 1.08 bits per heavy atom. The molecule has 0 fully saturated rings. The number of amides is 1. The fourth-order valence-electron chi connectivity index (χ4n) is 2.26. The molecule has 4 nitrogen and oxygen atoms in total. The van der Waals surface area contributed by atoms with Gasteiger partial charge in [0.25, 0.3) is 0 Å². The molecule has 6 heteroatoms. The van der Waals surface area contributed by atoms with E-state index in [2.05, 4.69) is 15.3 Å². The van der Waals surface area contributed by atoms with Crippen LogP contribution in [0.5, 0.6) is 0 Å². The van der Waals surface area contributed by atoms with Gasteiger partial charge in [-0.05, 0) is 31.2 Å². The summed E-state index contributed by atoms with van der Waals surface area (Å²) in [5, 5.41) is 3.19. The van der Waals surface area contributed by atoms with Crippen LogP contribution in [0.3, 0.4) is 0 Å². The number of hydrogen-bond donors (Lipinski definition) is 1. The highest BCUT2D eigenvalue weighted by Crippen LogP contribution is 2.21. The first-order chi connectivity index (χ1) is 12.1. The van der Waals surface area contributed by atoms with E-state index in [1.807, 2.05) is 43.3 Å². The Labute approximate surface area is 149 Å². The molecule has 1 heterocycles. The smallest absolute Gasteiger partial charge is 0.234 e. The average Bonchev–Trinajstić information content (AvgIpc) is 2.60. The molecular weight excluding hydrogens is 337 g/mol. The first kappa shape index (κ1) is 17.1. The summed E-state index contributed by atoms with van der Waals surface area (Å²) in [6, 6.07) is 17.5. The molecule has 0 aliphatic rings. The standard InChI is InChI=1S/C19H16FN3OS/c1-13-10-17(14-6-3-2-4-7-14)23-19(21-13)25-12-18(24)22-16-9-5-8-15(20)11-16/h2-11H,12H2,1H3,(H,22,24). The van der Waals surface area contributed by atoms with Gasteiger partial charge in [-0.2, -0.15) is 0 Å². The van der Waals surface area contributed by atoms with E-state index in [4.69, 9.17) is 0 Å². The highest BCUT2D eigenvalue weighted by molar-refractivity contribution is 7.99. The van der Waals surface area contributed by atoms with E-state index < -0.39 is 0 Å². The van der Waals surface area contributed by atoms with Crippen molar-refractivity contribution in [2.24, 2.45) is 0 Å². The summed E-state index contributed by atoms with van der Waals surface area (Å²) in [5.41, 5.74) is 3.09. The van der Waals surface area contributed by atoms with Crippen molar-refractivity contribution in [2.75, 3.05) is 11.1 Å². The van der Waals surface area contributed by atoms with Crippen molar-refractivity contribution in [1.82, 2.24) is 9.97 Å². The van der Waals surface area contributed by atoms with Crippen LogP contribution in [0.15, 0.2) is 65.8 Å². The third kappa shape index (κ3) is 4.87. The third-order valence-corrected chi connectivity index (χ3v) is 4.19. The number of carbonyl (C=O) groups is 1. The lowest BCUT2D eigenvalue weighted by Gasteiger charge is -2.07. The molecule has 1 amide bonds. The summed E-state index contributed by atoms with van der Waals surface area (Å²) < 4.78 is 13.1. The number of anilines is 1. The molecule has 0 bridgehead atoms. The predicted octanol–water partition coefficient (Wildman–Crippen LogP) is 4.32. The van der Waals surface area contributed by atoms with Gasteiger partial charge in [0.15, 0.2) is 5.16 Å². The van der Waals surface area contributed by atoms with Crippen molar-refractivity contribution < 1.29 is 9.18 Å². The molecule has 0 saturated heterocycles. The minimum atomic E-state index is -0.389. The number of thioether (sulfide) groups is 1. The highest BCUT2D eigenvalue weighted by Gasteiger charge is 2.09. The Morgan fingerprint density at radius 3 is 2.64 bits per heavy atom. The van der Waals surface area contributed by atoms with E-state index in [1.165, 1.54) is 23.9 Å². The molecule has 0 aliphatic heterocycles. The van der Waals surface area contributed by atoms with E-state index >= 15 is 0 Å². The van der Waals surface area contributed by atoms with Crippen molar-refractivity contribution in [1.29, 1.82) is 0 Å². The molecule has 1 N–H and O–H groups in total. The first-order valence-electron chi connectivity index (χ1n) is 7.69. The summed E-state index contributed by atoms with van der Waals surface area (Å²) >= 11 is 1.25. The fourth-order valence-corrected chi connectivity index (χ4v) is 2.96. The van der Waals surface area contributed by atoms with Crippen molar-refractivity contribution in [3.05, 3.63) is 72.2 Å². The highest BCUT2D eigenvalue weighted by atomic mass is 32.2. The number of aromatic nitrogens is 2. The number of rotatable bonds is 5. The van der Waals surface area contributed by atoms with E-state index in [1.54, 1.807) is 12.1 Å². The Hall–Kier alpha value is -2.73. The largest absolute Gasteiger partial charge is 0.325 e. The van der Waals surface area contributed by atoms with Crippen molar-refractivity contribution >= 4 is 23.4 Å². The molecule has 0 unspecified atom stereocenters. The van der Waals surface area contributed by atoms with Gasteiger partial charge in [0.1, 0.15) is 5.82 Å². The molecule has 0 aliphatic carbocycles. The molecule has 0 saturated carbocycles. The molecule has 0 radical (unpaired) electrons. The number of benzene rings is 2. The number of halogens is 1. The van der Waals surface area contributed by atoms with Gasteiger partial charge in [-0.25, -0.2) is 14.4 Å². The topological polar surface area (TPSA) is 54.9 Å². The number of nitrogens with zero attached hydrogens (tertiary/aromatic N) is 2. The molecule has 3 aromatic rings. The average molecular weight is 353 g/mol. The molecule has 25 heavy (non-hydrogen) atoms. The monoisotopic (exact) mass is 353 g/mol. The summed E-state index contributed by atoms with van der Waals surface area (Å²) in [4.78, 5) is 20.9. The lowest BCUT2D eigenvalue weighted by Crippen LogP contribution is -2.14. The number of hydrogen-bond acceptors (Lipinski definition) is 4. The number of aryl methyl sites for hydroxylation is 1. The molecule has 0 atom stereocenters. The van der Waals surface area contributed by atoms with Gasteiger partial charge < -0.3 is 5.32 Å². The molecule has 1 aromatic heterocycles. The maximum absolute atomic E-state index is 13.1. The number of nitrogens with one attached hydrogen (secondary N) is 1. The van der Waals surface area contributed by atoms with Gasteiger partial charge in [0.2, 0.25) is 5.91 Å². The van der Waals surface area contributed by atoms with Crippen molar-refractivity contribution in [3.8, 4) is 11.3 Å². The molecule has 2 aromatic carbocycles. The Balaban J connectivity index is 1.67. The van der Waals surface area contributed by atoms with Crippen LogP contribution in [0, 0.1) is 12.7 Å². The molecule has 0 spiro atoms. The number of carbonyl (C=O) groups excluding carboxylic acids is 1. The van der Waals surface area contributed by atoms with Gasteiger partial charge in [-0.3, -0.25) is 4.79 Å². The second-order valence-corrected chi connectivity index (χ2v) is 6.33. The van der Waals surface area contributed by atoms with Crippen LogP contribution in [0.25, 0.3) is 11.3 Å². The van der Waals surface area contributed by atoms with Gasteiger partial charge in [0.05, 0.1) is 11.4 Å². The van der Waals surface area contributed by atoms with Crippen molar-refractivity contribution in [3.63, 3.8) is 0 Å². The minimum Gasteiger partial charge on any atom is -0.325 e. The van der Waals surface area contributed by atoms with E-state index in [0.29, 0.717) is 10.8 Å². The van der Waals surface area contributed by atoms with Gasteiger partial charge in [-0.1, -0.05) is 48.2 Å². The quantitative estimate of drug-likeness (QED) is 0.548. The molecule has 3 rings (SSSR count). The van der Waals surface area contributed by atoms with Crippen LogP contribution >= 0.6 is 11.8 Å². The summed E-state index contributed by atoms with van der Waals surface area (Å²) in [6.07, 6.45) is 0. The summed E-state index contributed by atoms with van der Waals surface area (Å²) in [5.74, 6) is -0.476. The maximum Gasteiger partial charge on any atom is 0.234 e. The van der Waals surface area contributed by atoms with Gasteiger partial charge in [-0.15, -0.1) is 0 Å². The van der Waals surface area contributed by atoms with Crippen molar-refractivity contribution in [2.45, 2.75) is 12.1 Å². The predicted molar refractivity (Wildman–Crippen MR) is 98.0 cm³/mol. The Bertz CT molecular complexity index is 887. The lowest BCUT2D eigenvalue weighted by molar-refractivity contribution is -0.113. The van der Waals surface area contributed by atoms with E-state index in [-0.39, 0.29) is 17.5 Å². The Kier molecular flexibility index (Phi) is 5.40. The van der Waals surface area contributed by atoms with Crippen LogP contribution < -0.4 is 5.32 Å². The molecular formula is C19H16FN3OS. The van der Waals surface area contributed by atoms with E-state index in [9.17, 15) is 9.18 Å². The fraction of sp³-hybridized carbons (Fsp3) is 0.105.